The third-order valence-electron chi connectivity index (χ3n) is 8.33. The Morgan fingerprint density at radius 1 is 0.905 bits per heavy atom. The maximum Gasteiger partial charge on any atom is 0.322 e. The monoisotopic (exact) mass is 629 g/mol. The van der Waals surface area contributed by atoms with Gasteiger partial charge in [0, 0.05) is 35.8 Å². The van der Waals surface area contributed by atoms with Crippen LogP contribution in [0, 0.1) is 0 Å². The minimum absolute atomic E-state index is 0.0248. The molecule has 0 spiro atoms. The van der Waals surface area contributed by atoms with Gasteiger partial charge in [0.2, 0.25) is 0 Å². The number of piperazine rings is 1. The van der Waals surface area contributed by atoms with Crippen molar-refractivity contribution in [1.29, 1.82) is 0 Å². The predicted molar refractivity (Wildman–Crippen MR) is 175 cm³/mol. The number of amides is 2. The van der Waals surface area contributed by atoms with Crippen molar-refractivity contribution in [3.8, 4) is 5.69 Å². The molecular weight excluding hydrogens is 590 g/mol. The highest BCUT2D eigenvalue weighted by molar-refractivity contribution is 9.10. The number of benzene rings is 3. The molecule has 2 atom stereocenters. The van der Waals surface area contributed by atoms with E-state index in [1.54, 1.807) is 4.57 Å². The third-order valence-corrected chi connectivity index (χ3v) is 8.86. The Morgan fingerprint density at radius 3 is 2.17 bits per heavy atom. The van der Waals surface area contributed by atoms with Gasteiger partial charge in [-0.05, 0) is 73.2 Å². The summed E-state index contributed by atoms with van der Waals surface area (Å²) < 4.78 is 2.68. The normalized spacial score (nSPS) is 16.8. The fraction of sp³-hybridized carbons (Fsp3) is 0.382. The number of carbonyl (C=O) groups excluding carboxylic acids is 1. The summed E-state index contributed by atoms with van der Waals surface area (Å²) in [6, 6.07) is 21.3. The summed E-state index contributed by atoms with van der Waals surface area (Å²) in [6.45, 7) is 14.7. The summed E-state index contributed by atoms with van der Waals surface area (Å²) in [7, 11) is 0. The number of carbonyl (C=O) groups is 1. The number of anilines is 1. The van der Waals surface area contributed by atoms with Crippen LogP contribution in [0.25, 0.3) is 16.6 Å². The summed E-state index contributed by atoms with van der Waals surface area (Å²) in [5.41, 5.74) is 4.63. The summed E-state index contributed by atoms with van der Waals surface area (Å²) in [6.07, 6.45) is 0. The van der Waals surface area contributed by atoms with Gasteiger partial charge >= 0.3 is 6.03 Å². The first-order valence-electron chi connectivity index (χ1n) is 14.8. The van der Waals surface area contributed by atoms with Gasteiger partial charge in [-0.25, -0.2) is 9.78 Å². The third kappa shape index (κ3) is 5.88. The van der Waals surface area contributed by atoms with Crippen molar-refractivity contribution in [3.63, 3.8) is 0 Å². The summed E-state index contributed by atoms with van der Waals surface area (Å²) in [5.74, 6) is 1.29. The first-order chi connectivity index (χ1) is 20.1. The van der Waals surface area contributed by atoms with Crippen LogP contribution in [-0.4, -0.2) is 51.1 Å². The molecule has 1 fully saturated rings. The van der Waals surface area contributed by atoms with Crippen molar-refractivity contribution in [2.75, 3.05) is 25.0 Å². The summed E-state index contributed by atoms with van der Waals surface area (Å²) >= 11 is 3.50. The lowest BCUT2D eigenvalue weighted by Gasteiger charge is -2.42. The molecule has 1 aliphatic rings. The second-order valence-electron chi connectivity index (χ2n) is 11.9. The fourth-order valence-electron chi connectivity index (χ4n) is 5.95. The van der Waals surface area contributed by atoms with Crippen LogP contribution in [0.4, 0.5) is 10.5 Å². The molecule has 4 aromatic rings. The Kier molecular flexibility index (Phi) is 8.85. The molecule has 7 nitrogen and oxygen atoms in total. The maximum atomic E-state index is 13.8. The Labute approximate surface area is 256 Å². The van der Waals surface area contributed by atoms with Gasteiger partial charge in [0.25, 0.3) is 5.56 Å². The van der Waals surface area contributed by atoms with Crippen molar-refractivity contribution < 1.29 is 4.79 Å². The van der Waals surface area contributed by atoms with E-state index >= 15 is 0 Å². The molecule has 0 aliphatic carbocycles. The topological polar surface area (TPSA) is 70.5 Å². The van der Waals surface area contributed by atoms with E-state index in [4.69, 9.17) is 4.98 Å². The van der Waals surface area contributed by atoms with Crippen LogP contribution in [0.5, 0.6) is 0 Å². The van der Waals surface area contributed by atoms with Gasteiger partial charge in [-0.15, -0.1) is 0 Å². The highest BCUT2D eigenvalue weighted by atomic mass is 79.9. The summed E-state index contributed by atoms with van der Waals surface area (Å²) in [4.78, 5) is 36.7. The highest BCUT2D eigenvalue weighted by Crippen LogP contribution is 2.33. The van der Waals surface area contributed by atoms with E-state index < -0.39 is 0 Å². The van der Waals surface area contributed by atoms with Crippen molar-refractivity contribution in [1.82, 2.24) is 19.4 Å². The first kappa shape index (κ1) is 30.0. The van der Waals surface area contributed by atoms with E-state index in [9.17, 15) is 9.59 Å². The van der Waals surface area contributed by atoms with Gasteiger partial charge in [0.15, 0.2) is 0 Å². The molecule has 2 heterocycles. The van der Waals surface area contributed by atoms with Crippen LogP contribution in [0.2, 0.25) is 0 Å². The largest absolute Gasteiger partial charge is 0.322 e. The molecule has 1 N–H and O–H groups in total. The first-order valence-corrected chi connectivity index (χ1v) is 15.6. The molecule has 8 heteroatoms. The maximum absolute atomic E-state index is 13.8. The van der Waals surface area contributed by atoms with Crippen molar-refractivity contribution in [3.05, 3.63) is 98.5 Å². The van der Waals surface area contributed by atoms with E-state index in [1.165, 1.54) is 0 Å². The number of halogens is 1. The Bertz CT molecular complexity index is 1620. The molecule has 5 rings (SSSR count). The Morgan fingerprint density at radius 2 is 1.55 bits per heavy atom. The van der Waals surface area contributed by atoms with E-state index in [1.807, 2.05) is 53.4 Å². The number of rotatable bonds is 6. The lowest BCUT2D eigenvalue weighted by molar-refractivity contribution is 0.0801. The van der Waals surface area contributed by atoms with Crippen LogP contribution in [-0.2, 0) is 0 Å². The minimum Gasteiger partial charge on any atom is -0.319 e. The lowest BCUT2D eigenvalue weighted by atomic mass is 9.92. The second-order valence-corrected chi connectivity index (χ2v) is 12.8. The molecule has 0 radical (unpaired) electrons. The van der Waals surface area contributed by atoms with Gasteiger partial charge in [0.05, 0.1) is 22.6 Å². The van der Waals surface area contributed by atoms with Crippen LogP contribution in [0.15, 0.2) is 76.0 Å². The molecule has 2 amide bonds. The van der Waals surface area contributed by atoms with Gasteiger partial charge in [-0.3, -0.25) is 14.3 Å². The number of para-hydroxylation sites is 2. The molecule has 0 bridgehead atoms. The van der Waals surface area contributed by atoms with E-state index in [0.717, 1.165) is 27.0 Å². The standard InChI is InChI=1S/C34H40BrN5O2/c1-21(2)27-11-9-12-28(22(3)4)31(27)37-34(42)39-19-18-38(20-23(39)5)24(6)32-36-30-13-8-7-10-29(30)33(41)40(32)26-16-14-25(35)15-17-26/h7-17,21-24H,18-20H2,1-6H3,(H,37,42). The van der Waals surface area contributed by atoms with E-state index in [0.29, 0.717) is 48.2 Å². The van der Waals surface area contributed by atoms with Gasteiger partial charge < -0.3 is 10.2 Å². The van der Waals surface area contributed by atoms with Crippen LogP contribution >= 0.6 is 15.9 Å². The van der Waals surface area contributed by atoms with Gasteiger partial charge in [-0.2, -0.15) is 0 Å². The molecule has 1 aliphatic heterocycles. The van der Waals surface area contributed by atoms with Crippen LogP contribution in [0.1, 0.15) is 76.4 Å². The smallest absolute Gasteiger partial charge is 0.319 e. The number of fused-ring (bicyclic) bond motifs is 1. The molecule has 0 saturated carbocycles. The zero-order valence-corrected chi connectivity index (χ0v) is 26.9. The number of urea groups is 1. The minimum atomic E-state index is -0.146. The molecule has 3 aromatic carbocycles. The fourth-order valence-corrected chi connectivity index (χ4v) is 6.21. The SMILES string of the molecule is CC(C)c1cccc(C(C)C)c1NC(=O)N1CCN(C(C)c2nc3ccccc3c(=O)n2-c2ccc(Br)cc2)CC1C. The summed E-state index contributed by atoms with van der Waals surface area (Å²) in [5, 5.41) is 3.88. The molecule has 42 heavy (non-hydrogen) atoms. The van der Waals surface area contributed by atoms with Crippen LogP contribution < -0.4 is 10.9 Å². The van der Waals surface area contributed by atoms with Crippen molar-refractivity contribution in [2.45, 2.75) is 65.5 Å². The number of hydrogen-bond acceptors (Lipinski definition) is 4. The van der Waals surface area contributed by atoms with Crippen LogP contribution in [0.3, 0.4) is 0 Å². The zero-order valence-electron chi connectivity index (χ0n) is 25.3. The molecule has 2 unspecified atom stereocenters. The van der Waals surface area contributed by atoms with Gasteiger partial charge in [0.1, 0.15) is 5.82 Å². The molecular formula is C34H40BrN5O2. The van der Waals surface area contributed by atoms with Gasteiger partial charge in [-0.1, -0.05) is 74.0 Å². The average molecular weight is 631 g/mol. The Balaban J connectivity index is 1.41. The second kappa shape index (κ2) is 12.4. The zero-order chi connectivity index (χ0) is 30.1. The van der Waals surface area contributed by atoms with Crippen molar-refractivity contribution >= 4 is 38.6 Å². The molecule has 1 aromatic heterocycles. The van der Waals surface area contributed by atoms with E-state index in [-0.39, 0.29) is 23.7 Å². The molecule has 220 valence electrons. The number of aromatic nitrogens is 2. The average Bonchev–Trinajstić information content (AvgIpc) is 2.97. The highest BCUT2D eigenvalue weighted by Gasteiger charge is 2.33. The molecule has 1 saturated heterocycles. The van der Waals surface area contributed by atoms with Crippen molar-refractivity contribution in [2.24, 2.45) is 0 Å². The predicted octanol–water partition coefficient (Wildman–Crippen LogP) is 7.69. The Hall–Kier alpha value is -3.49. The lowest BCUT2D eigenvalue weighted by Crippen LogP contribution is -2.55. The van der Waals surface area contributed by atoms with E-state index in [2.05, 4.69) is 85.9 Å². The quantitative estimate of drug-likeness (QED) is 0.237. The number of hydrogen-bond donors (Lipinski definition) is 1. The number of nitrogens with one attached hydrogen (secondary N) is 1. The number of nitrogens with zero attached hydrogens (tertiary/aromatic N) is 4.